The monoisotopic (exact) mass is 572 g/mol. The van der Waals surface area contributed by atoms with Crippen molar-refractivity contribution in [3.05, 3.63) is 21.9 Å². The fraction of sp³-hybridized carbons (Fsp3) is 0.760. The zero-order valence-electron chi connectivity index (χ0n) is 19.7. The van der Waals surface area contributed by atoms with Crippen LogP contribution in [0.3, 0.4) is 0 Å². The van der Waals surface area contributed by atoms with Crippen molar-refractivity contribution in [2.75, 3.05) is 22.1 Å². The predicted molar refractivity (Wildman–Crippen MR) is 126 cm³/mol. The molecule has 1 atom stereocenters. The van der Waals surface area contributed by atoms with Crippen LogP contribution < -0.4 is 26.5 Å². The van der Waals surface area contributed by atoms with E-state index in [1.165, 1.54) is 41.9 Å². The maximum atomic E-state index is 13.6. The Kier molecular flexibility index (Phi) is 8.54. The number of carbonyl (C=O) groups is 2. The summed E-state index contributed by atoms with van der Waals surface area (Å²) >= 11 is 1.83. The van der Waals surface area contributed by atoms with E-state index in [2.05, 4.69) is 41.1 Å². The van der Waals surface area contributed by atoms with Gasteiger partial charge in [0.15, 0.2) is 0 Å². The molecule has 1 N–H and O–H groups in total. The van der Waals surface area contributed by atoms with Gasteiger partial charge in [0.25, 0.3) is 0 Å². The zero-order valence-corrected chi connectivity index (χ0v) is 22.7. The van der Waals surface area contributed by atoms with E-state index in [-0.39, 0.29) is 39.1 Å². The van der Waals surface area contributed by atoms with E-state index < -0.39 is 5.54 Å². The topological polar surface area (TPSA) is 52.7 Å². The number of aryl methyl sites for hydroxylation is 1. The number of amides is 2. The van der Waals surface area contributed by atoms with Gasteiger partial charge < -0.3 is 0 Å². The van der Waals surface area contributed by atoms with Gasteiger partial charge in [-0.05, 0) is 0 Å². The van der Waals surface area contributed by atoms with Gasteiger partial charge in [-0.3, -0.25) is 0 Å². The quantitative estimate of drug-likeness (QED) is 0.288. The number of hydrogen-bond donors (Lipinski definition) is 1. The second-order valence-corrected chi connectivity index (χ2v) is 14.2. The van der Waals surface area contributed by atoms with Gasteiger partial charge in [0.05, 0.1) is 0 Å². The molecule has 2 amide bonds. The Morgan fingerprint density at radius 2 is 1.81 bits per heavy atom. The molecule has 1 saturated carbocycles. The Morgan fingerprint density at radius 3 is 2.47 bits per heavy atom. The van der Waals surface area contributed by atoms with Crippen LogP contribution in [0.5, 0.6) is 0 Å². The van der Waals surface area contributed by atoms with Crippen molar-refractivity contribution < 1.29 is 30.8 Å². The first kappa shape index (κ1) is 24.5. The molecule has 5 nitrogen and oxygen atoms in total. The summed E-state index contributed by atoms with van der Waals surface area (Å²) in [5.74, 6) is 0.931. The van der Waals surface area contributed by atoms with Crippen LogP contribution in [-0.2, 0) is 22.6 Å². The van der Waals surface area contributed by atoms with Gasteiger partial charge >= 0.3 is 209 Å². The van der Waals surface area contributed by atoms with Crippen molar-refractivity contribution in [3.63, 3.8) is 0 Å². The van der Waals surface area contributed by atoms with E-state index in [9.17, 15) is 9.59 Å². The molecule has 3 heterocycles. The molecule has 180 valence electrons. The molecule has 3 aliphatic rings. The Bertz CT molecular complexity index is 784. The van der Waals surface area contributed by atoms with Gasteiger partial charge in [-0.1, -0.05) is 0 Å². The average molecular weight is 573 g/mol. The molecule has 1 aromatic rings. The van der Waals surface area contributed by atoms with E-state index in [0.29, 0.717) is 5.92 Å². The van der Waals surface area contributed by atoms with Crippen LogP contribution in [0.1, 0.15) is 75.0 Å². The third-order valence-corrected chi connectivity index (χ3v) is 11.1. The first-order valence-corrected chi connectivity index (χ1v) is 16.4. The number of hydrogen-bond acceptors (Lipinski definition) is 4. The Labute approximate surface area is 207 Å². The number of alkyl halides is 2. The van der Waals surface area contributed by atoms with Gasteiger partial charge in [-0.25, -0.2) is 0 Å². The van der Waals surface area contributed by atoms with E-state index in [1.54, 1.807) is 0 Å². The number of halogens is 1. The van der Waals surface area contributed by atoms with Crippen LogP contribution in [0.25, 0.3) is 0 Å². The molecule has 4 rings (SSSR count). The van der Waals surface area contributed by atoms with Gasteiger partial charge in [0, 0.05) is 0 Å². The summed E-state index contributed by atoms with van der Waals surface area (Å²) < 4.78 is 1.98. The number of carbonyl (C=O) groups excluding carboxylic acids is 2. The molecule has 3 fully saturated rings. The zero-order chi connectivity index (χ0) is 22.6. The molecule has 32 heavy (non-hydrogen) atoms. The summed E-state index contributed by atoms with van der Waals surface area (Å²) in [4.78, 5) is 34.6. The number of nitrogens with one attached hydrogen (secondary N) is 1. The molecule has 1 aliphatic carbocycles. The molecule has 0 radical (unpaired) electrons. The first-order chi connectivity index (χ1) is 15.6. The van der Waals surface area contributed by atoms with Crippen molar-refractivity contribution in [1.82, 2.24) is 15.1 Å². The number of piperazine rings is 1. The Balaban J connectivity index is 1.43. The van der Waals surface area contributed by atoms with Crippen LogP contribution in [-0.4, -0.2) is 55.3 Å². The molecule has 1 unspecified atom stereocenters. The summed E-state index contributed by atoms with van der Waals surface area (Å²) in [6.07, 6.45) is 9.75. The minimum absolute atomic E-state index is 0.0750. The van der Waals surface area contributed by atoms with E-state index in [0.717, 1.165) is 54.3 Å². The van der Waals surface area contributed by atoms with E-state index in [1.807, 2.05) is 11.3 Å². The standard InChI is InChI=1S/C25H39IN3O2S/c1-3-20-10-11-21(32-20)17-28-14-12-25(13-15-28)24(31)27-22(16-19-8-6-5-7-9-19)23(30)29(25)18-26-4-2/h10-11,19,22H,3-9,12-18H2,1-2H3,(H,27,31)/q-1. The van der Waals surface area contributed by atoms with Gasteiger partial charge in [-0.15, -0.1) is 0 Å². The normalized spacial score (nSPS) is 24.9. The number of piperidine rings is 1. The van der Waals surface area contributed by atoms with Crippen LogP contribution in [0.4, 0.5) is 0 Å². The summed E-state index contributed by atoms with van der Waals surface area (Å²) in [6.45, 7) is 7.14. The summed E-state index contributed by atoms with van der Waals surface area (Å²) in [5, 5.41) is 3.22. The second-order valence-electron chi connectivity index (χ2n) is 9.64. The van der Waals surface area contributed by atoms with Crippen molar-refractivity contribution in [2.45, 2.75) is 89.8 Å². The van der Waals surface area contributed by atoms with Crippen LogP contribution in [0.2, 0.25) is 0 Å². The van der Waals surface area contributed by atoms with Crippen molar-refractivity contribution >= 4 is 23.2 Å². The third kappa shape index (κ3) is 5.35. The van der Waals surface area contributed by atoms with E-state index in [4.69, 9.17) is 0 Å². The Morgan fingerprint density at radius 1 is 1.09 bits per heavy atom. The summed E-state index contributed by atoms with van der Waals surface area (Å²) in [7, 11) is 0. The molecule has 2 aliphatic heterocycles. The average Bonchev–Trinajstić information content (AvgIpc) is 3.27. The van der Waals surface area contributed by atoms with Crippen LogP contribution in [0.15, 0.2) is 12.1 Å². The van der Waals surface area contributed by atoms with Gasteiger partial charge in [0.2, 0.25) is 0 Å². The summed E-state index contributed by atoms with van der Waals surface area (Å²) in [5.41, 5.74) is -0.616. The van der Waals surface area contributed by atoms with Gasteiger partial charge in [-0.2, -0.15) is 0 Å². The minimum atomic E-state index is -0.616. The molecular weight excluding hydrogens is 533 g/mol. The fourth-order valence-electron chi connectivity index (χ4n) is 5.63. The first-order valence-electron chi connectivity index (χ1n) is 12.5. The second kappa shape index (κ2) is 11.2. The molecule has 1 spiro atoms. The van der Waals surface area contributed by atoms with Gasteiger partial charge in [0.1, 0.15) is 0 Å². The fourth-order valence-corrected chi connectivity index (χ4v) is 8.58. The number of thiophene rings is 1. The molecule has 0 bridgehead atoms. The van der Waals surface area contributed by atoms with Crippen molar-refractivity contribution in [3.8, 4) is 0 Å². The van der Waals surface area contributed by atoms with Crippen LogP contribution in [0, 0.1) is 5.92 Å². The maximum absolute atomic E-state index is 13.6. The molecule has 2 saturated heterocycles. The number of likely N-dealkylation sites (tertiary alicyclic amines) is 1. The van der Waals surface area contributed by atoms with Crippen molar-refractivity contribution in [1.29, 1.82) is 0 Å². The SMILES string of the molecule is CC[I-]CN1C(=O)C(CC2CCCCC2)NC(=O)C12CCN(Cc1ccc(CC)s1)CC2. The molecule has 1 aromatic heterocycles. The molecule has 7 heteroatoms. The third-order valence-electron chi connectivity index (χ3n) is 7.62. The van der Waals surface area contributed by atoms with Crippen LogP contribution >= 0.6 is 11.3 Å². The van der Waals surface area contributed by atoms with Crippen molar-refractivity contribution in [2.24, 2.45) is 5.92 Å². The molecular formula is C25H39IN3O2S-. The molecule has 0 aromatic carbocycles. The number of rotatable bonds is 8. The predicted octanol–water partition coefficient (Wildman–Crippen LogP) is 1.01. The summed E-state index contributed by atoms with van der Waals surface area (Å²) in [6, 6.07) is 4.19. The number of nitrogens with zero attached hydrogens (tertiary/aromatic N) is 2. The van der Waals surface area contributed by atoms with E-state index >= 15 is 0 Å². The Hall–Kier alpha value is -0.670.